The molecular formula is C22H20F2N6O2S2. The lowest BCUT2D eigenvalue weighted by molar-refractivity contribution is 0.146. The van der Waals surface area contributed by atoms with E-state index in [2.05, 4.69) is 21.4 Å². The molecule has 4 rings (SSSR count). The summed E-state index contributed by atoms with van der Waals surface area (Å²) in [6.07, 6.45) is -2.75. The van der Waals surface area contributed by atoms with Gasteiger partial charge in [0.1, 0.15) is 5.69 Å². The molecule has 3 aromatic rings. The molecule has 0 spiro atoms. The Hall–Kier alpha value is -3.43. The van der Waals surface area contributed by atoms with E-state index in [9.17, 15) is 23.0 Å². The minimum absolute atomic E-state index is 0.114. The monoisotopic (exact) mass is 502 g/mol. The first kappa shape index (κ1) is 23.7. The lowest BCUT2D eigenvalue weighted by atomic mass is 10.0. The molecule has 0 saturated carbocycles. The summed E-state index contributed by atoms with van der Waals surface area (Å²) in [4.78, 5) is 23.2. The molecule has 1 aromatic carbocycles. The number of hydrogen-bond donors (Lipinski definition) is 2. The van der Waals surface area contributed by atoms with Gasteiger partial charge < -0.3 is 4.90 Å². The first-order chi connectivity index (χ1) is 16.1. The number of urea groups is 1. The number of aromatic nitrogens is 2. The molecule has 1 aliphatic heterocycles. The van der Waals surface area contributed by atoms with Gasteiger partial charge in [-0.25, -0.2) is 22.8 Å². The van der Waals surface area contributed by atoms with Crippen molar-refractivity contribution in [1.29, 1.82) is 10.0 Å². The van der Waals surface area contributed by atoms with Gasteiger partial charge in [-0.05, 0) is 36.8 Å². The smallest absolute Gasteiger partial charge is 0.323 e. The van der Waals surface area contributed by atoms with Crippen molar-refractivity contribution in [3.63, 3.8) is 0 Å². The molecule has 3 heterocycles. The van der Waals surface area contributed by atoms with Gasteiger partial charge in [0.15, 0.2) is 5.13 Å². The van der Waals surface area contributed by atoms with Crippen molar-refractivity contribution in [3.05, 3.63) is 53.3 Å². The predicted molar refractivity (Wildman–Crippen MR) is 126 cm³/mol. The fourth-order valence-corrected chi connectivity index (χ4v) is 5.74. The molecule has 1 fully saturated rings. The number of carbonyl (C=O) groups is 1. The van der Waals surface area contributed by atoms with Gasteiger partial charge in [0.05, 0.1) is 22.2 Å². The van der Waals surface area contributed by atoms with E-state index in [0.717, 1.165) is 11.3 Å². The van der Waals surface area contributed by atoms with E-state index in [-0.39, 0.29) is 35.4 Å². The second-order valence-electron chi connectivity index (χ2n) is 7.75. The number of hydrogen-bond acceptors (Lipinski definition) is 7. The van der Waals surface area contributed by atoms with E-state index in [1.807, 2.05) is 0 Å². The first-order valence-electron chi connectivity index (χ1n) is 10.2. The number of anilines is 1. The van der Waals surface area contributed by atoms with Crippen molar-refractivity contribution >= 4 is 32.2 Å². The minimum atomic E-state index is -2.75. The largest absolute Gasteiger partial charge is 0.323 e. The van der Waals surface area contributed by atoms with E-state index in [0.29, 0.717) is 33.0 Å². The Bertz CT molecular complexity index is 1380. The number of pyridine rings is 1. The maximum atomic E-state index is 13.4. The zero-order valence-electron chi connectivity index (χ0n) is 18.0. The SMILES string of the molecule is Cc1cc(-c2sc(NC(=O)N3CCS(=N)(=O)CC3)nc2-c2cccc(C#N)c2)cc(C(F)F)n1. The normalized spacial score (nSPS) is 15.2. The van der Waals surface area contributed by atoms with Gasteiger partial charge in [-0.1, -0.05) is 23.5 Å². The molecule has 0 bridgehead atoms. The third-order valence-electron chi connectivity index (χ3n) is 5.23. The molecule has 1 saturated heterocycles. The van der Waals surface area contributed by atoms with Gasteiger partial charge >= 0.3 is 6.03 Å². The summed E-state index contributed by atoms with van der Waals surface area (Å²) in [5.74, 6) is 0.227. The quantitative estimate of drug-likeness (QED) is 0.526. The number of carbonyl (C=O) groups excluding carboxylic acids is 1. The molecule has 0 atom stereocenters. The van der Waals surface area contributed by atoms with Crippen molar-refractivity contribution in [2.45, 2.75) is 13.3 Å². The zero-order valence-corrected chi connectivity index (χ0v) is 19.7. The molecule has 0 unspecified atom stereocenters. The topological polar surface area (TPSA) is 123 Å². The maximum Gasteiger partial charge on any atom is 0.323 e. The van der Waals surface area contributed by atoms with Crippen molar-refractivity contribution in [2.24, 2.45) is 0 Å². The summed E-state index contributed by atoms with van der Waals surface area (Å²) in [7, 11) is -2.65. The van der Waals surface area contributed by atoms with E-state index < -0.39 is 22.2 Å². The Morgan fingerprint density at radius 3 is 2.65 bits per heavy atom. The number of alkyl halides is 2. The molecule has 176 valence electrons. The van der Waals surface area contributed by atoms with Crippen LogP contribution in [-0.4, -0.2) is 49.7 Å². The molecule has 1 aliphatic rings. The van der Waals surface area contributed by atoms with E-state index >= 15 is 0 Å². The van der Waals surface area contributed by atoms with Gasteiger partial charge in [-0.2, -0.15) is 5.26 Å². The Kier molecular flexibility index (Phi) is 6.58. The van der Waals surface area contributed by atoms with Crippen LogP contribution in [0.1, 0.15) is 23.4 Å². The molecule has 2 aromatic heterocycles. The average molecular weight is 503 g/mol. The summed E-state index contributed by atoms with van der Waals surface area (Å²) in [6, 6.07) is 11.3. The highest BCUT2D eigenvalue weighted by Gasteiger charge is 2.25. The number of rotatable bonds is 4. The summed E-state index contributed by atoms with van der Waals surface area (Å²) in [6.45, 7) is 2.02. The molecule has 0 aliphatic carbocycles. The fourth-order valence-electron chi connectivity index (χ4n) is 3.54. The van der Waals surface area contributed by atoms with Crippen LogP contribution in [0.2, 0.25) is 0 Å². The molecular weight excluding hydrogens is 482 g/mol. The van der Waals surface area contributed by atoms with Gasteiger partial charge in [0.25, 0.3) is 6.43 Å². The second kappa shape index (κ2) is 9.44. The number of aryl methyl sites for hydroxylation is 1. The van der Waals surface area contributed by atoms with Crippen molar-refractivity contribution in [2.75, 3.05) is 29.9 Å². The van der Waals surface area contributed by atoms with Crippen molar-refractivity contribution < 1.29 is 17.8 Å². The Labute approximate surface area is 199 Å². The molecule has 2 amide bonds. The van der Waals surface area contributed by atoms with Crippen molar-refractivity contribution in [1.82, 2.24) is 14.9 Å². The Morgan fingerprint density at radius 1 is 1.24 bits per heavy atom. The number of thiazole rings is 1. The molecule has 8 nitrogen and oxygen atoms in total. The van der Waals surface area contributed by atoms with Gasteiger partial charge in [-0.15, -0.1) is 0 Å². The van der Waals surface area contributed by atoms with Crippen LogP contribution in [0, 0.1) is 23.0 Å². The van der Waals surface area contributed by atoms with Crippen LogP contribution in [0.25, 0.3) is 21.7 Å². The van der Waals surface area contributed by atoms with E-state index in [4.69, 9.17) is 4.78 Å². The van der Waals surface area contributed by atoms with E-state index in [1.165, 1.54) is 11.0 Å². The standard InChI is InChI=1S/C22H20F2N6O2S2/c1-13-9-16(11-17(27-13)20(23)24)19-18(15-4-2-3-14(10-15)12-25)28-21(33-19)29-22(31)30-5-7-34(26,32)8-6-30/h2-4,9-11,20,26H,5-8H2,1H3,(H,28,29,31). The highest BCUT2D eigenvalue weighted by molar-refractivity contribution is 7.92. The zero-order chi connectivity index (χ0) is 24.5. The highest BCUT2D eigenvalue weighted by atomic mass is 32.2. The van der Waals surface area contributed by atoms with Crippen LogP contribution in [0.4, 0.5) is 18.7 Å². The maximum absolute atomic E-state index is 13.4. The Balaban J connectivity index is 1.73. The van der Waals surface area contributed by atoms with Crippen LogP contribution < -0.4 is 5.32 Å². The molecule has 2 N–H and O–H groups in total. The van der Waals surface area contributed by atoms with Crippen LogP contribution in [0.3, 0.4) is 0 Å². The van der Waals surface area contributed by atoms with Crippen LogP contribution in [-0.2, 0) is 9.73 Å². The Morgan fingerprint density at radius 2 is 1.97 bits per heavy atom. The average Bonchev–Trinajstić information content (AvgIpc) is 3.22. The van der Waals surface area contributed by atoms with Crippen LogP contribution >= 0.6 is 11.3 Å². The van der Waals surface area contributed by atoms with Gasteiger partial charge in [0, 0.05) is 45.6 Å². The molecule has 12 heteroatoms. The summed E-state index contributed by atoms with van der Waals surface area (Å²) in [5, 5.41) is 12.3. The lowest BCUT2D eigenvalue weighted by Crippen LogP contribution is -2.45. The lowest BCUT2D eigenvalue weighted by Gasteiger charge is -2.27. The number of nitriles is 1. The fraction of sp³-hybridized carbons (Fsp3) is 0.273. The van der Waals surface area contributed by atoms with Gasteiger partial charge in [0.2, 0.25) is 0 Å². The third kappa shape index (κ3) is 5.21. The molecule has 34 heavy (non-hydrogen) atoms. The highest BCUT2D eigenvalue weighted by Crippen LogP contribution is 2.40. The summed E-state index contributed by atoms with van der Waals surface area (Å²) in [5.41, 5.74) is 1.98. The number of amides is 2. The van der Waals surface area contributed by atoms with Crippen LogP contribution in [0.15, 0.2) is 36.4 Å². The summed E-state index contributed by atoms with van der Waals surface area (Å²) >= 11 is 1.12. The minimum Gasteiger partial charge on any atom is -0.323 e. The second-order valence-corrected chi connectivity index (χ2v) is 11.2. The number of benzene rings is 1. The first-order valence-corrected chi connectivity index (χ1v) is 12.9. The third-order valence-corrected chi connectivity index (χ3v) is 7.94. The number of nitrogens with zero attached hydrogens (tertiary/aromatic N) is 4. The predicted octanol–water partition coefficient (Wildman–Crippen LogP) is 4.88. The summed E-state index contributed by atoms with van der Waals surface area (Å²) < 4.78 is 46.3. The van der Waals surface area contributed by atoms with Crippen molar-refractivity contribution in [3.8, 4) is 27.8 Å². The van der Waals surface area contributed by atoms with Crippen LogP contribution in [0.5, 0.6) is 0 Å². The number of halogens is 2. The van der Waals surface area contributed by atoms with E-state index in [1.54, 1.807) is 37.3 Å². The van der Waals surface area contributed by atoms with Gasteiger partial charge in [-0.3, -0.25) is 15.1 Å². The number of nitrogens with one attached hydrogen (secondary N) is 2. The molecule has 0 radical (unpaired) electrons.